The summed E-state index contributed by atoms with van der Waals surface area (Å²) in [4.78, 5) is 23.4. The van der Waals surface area contributed by atoms with Crippen LogP contribution >= 0.6 is 11.6 Å². The highest BCUT2D eigenvalue weighted by molar-refractivity contribution is 6.31. The van der Waals surface area contributed by atoms with E-state index in [9.17, 15) is 9.59 Å². The number of halogens is 1. The Labute approximate surface area is 144 Å². The van der Waals surface area contributed by atoms with Crippen molar-refractivity contribution in [2.45, 2.75) is 13.5 Å². The molecule has 0 aliphatic carbocycles. The minimum atomic E-state index is -0.736. The largest absolute Gasteiger partial charge is 0.488 e. The summed E-state index contributed by atoms with van der Waals surface area (Å²) in [5.74, 6) is -0.140. The first-order chi connectivity index (χ1) is 11.6. The summed E-state index contributed by atoms with van der Waals surface area (Å²) in [5, 5.41) is 0.586. The van der Waals surface area contributed by atoms with E-state index < -0.39 is 12.0 Å². The molecule has 2 aromatic carbocycles. The molecule has 7 heteroatoms. The van der Waals surface area contributed by atoms with Gasteiger partial charge in [-0.25, -0.2) is 10.2 Å². The van der Waals surface area contributed by atoms with E-state index in [4.69, 9.17) is 16.3 Å². The fourth-order valence-corrected chi connectivity index (χ4v) is 2.08. The molecule has 0 spiro atoms. The average Bonchev–Trinajstić information content (AvgIpc) is 2.59. The van der Waals surface area contributed by atoms with Gasteiger partial charge in [0, 0.05) is 10.6 Å². The molecule has 24 heavy (non-hydrogen) atoms. The van der Waals surface area contributed by atoms with Gasteiger partial charge in [-0.15, -0.1) is 0 Å². The Morgan fingerprint density at radius 3 is 2.50 bits per heavy atom. The van der Waals surface area contributed by atoms with Gasteiger partial charge in [-0.05, 0) is 25.1 Å². The standard InChI is InChI=1S/C17H17ClN2O4/c1-2-23-17(22)20-19-16(21)13-8-4-6-10-15(13)24-11-12-7-3-5-9-14(12)18/h3-10H,2,11H2,1H3,(H,19,21)(H,20,22). The monoisotopic (exact) mass is 348 g/mol. The molecule has 0 aliphatic heterocycles. The molecule has 126 valence electrons. The SMILES string of the molecule is CCOC(=O)NNC(=O)c1ccccc1OCc1ccccc1Cl. The maximum atomic E-state index is 12.2. The highest BCUT2D eigenvalue weighted by Crippen LogP contribution is 2.21. The summed E-state index contributed by atoms with van der Waals surface area (Å²) in [5.41, 5.74) is 5.50. The van der Waals surface area contributed by atoms with Gasteiger partial charge in [0.05, 0.1) is 12.2 Å². The fourth-order valence-electron chi connectivity index (χ4n) is 1.89. The molecule has 0 bridgehead atoms. The molecule has 0 heterocycles. The van der Waals surface area contributed by atoms with Gasteiger partial charge in [-0.3, -0.25) is 10.2 Å². The van der Waals surface area contributed by atoms with E-state index in [0.717, 1.165) is 5.56 Å². The molecule has 2 rings (SSSR count). The van der Waals surface area contributed by atoms with Crippen LogP contribution < -0.4 is 15.6 Å². The van der Waals surface area contributed by atoms with E-state index in [-0.39, 0.29) is 18.8 Å². The molecule has 0 fully saturated rings. The molecule has 0 saturated heterocycles. The number of hydrogen-bond donors (Lipinski definition) is 2. The lowest BCUT2D eigenvalue weighted by Gasteiger charge is -2.12. The number of nitrogens with one attached hydrogen (secondary N) is 2. The molecule has 0 saturated carbocycles. The number of para-hydroxylation sites is 1. The summed E-state index contributed by atoms with van der Waals surface area (Å²) in [6.45, 7) is 2.09. The molecular formula is C17H17ClN2O4. The molecule has 0 radical (unpaired) electrons. The minimum Gasteiger partial charge on any atom is -0.488 e. The van der Waals surface area contributed by atoms with Gasteiger partial charge < -0.3 is 9.47 Å². The molecular weight excluding hydrogens is 332 g/mol. The van der Waals surface area contributed by atoms with Crippen LogP contribution in [0.1, 0.15) is 22.8 Å². The van der Waals surface area contributed by atoms with Crippen LogP contribution in [0.15, 0.2) is 48.5 Å². The normalized spacial score (nSPS) is 9.92. The van der Waals surface area contributed by atoms with Crippen molar-refractivity contribution in [1.82, 2.24) is 10.9 Å². The van der Waals surface area contributed by atoms with Crippen molar-refractivity contribution < 1.29 is 19.1 Å². The molecule has 0 unspecified atom stereocenters. The van der Waals surface area contributed by atoms with Crippen LogP contribution in [-0.4, -0.2) is 18.6 Å². The van der Waals surface area contributed by atoms with Crippen LogP contribution in [-0.2, 0) is 11.3 Å². The van der Waals surface area contributed by atoms with Gasteiger partial charge in [-0.1, -0.05) is 41.9 Å². The third kappa shape index (κ3) is 4.89. The highest BCUT2D eigenvalue weighted by atomic mass is 35.5. The third-order valence-corrected chi connectivity index (χ3v) is 3.39. The van der Waals surface area contributed by atoms with Gasteiger partial charge in [0.2, 0.25) is 0 Å². The summed E-state index contributed by atoms with van der Waals surface area (Å²) in [6, 6.07) is 14.0. The lowest BCUT2D eigenvalue weighted by atomic mass is 10.2. The number of rotatable bonds is 5. The topological polar surface area (TPSA) is 76.7 Å². The van der Waals surface area contributed by atoms with Crippen molar-refractivity contribution >= 4 is 23.6 Å². The number of benzene rings is 2. The van der Waals surface area contributed by atoms with Crippen LogP contribution in [0.4, 0.5) is 4.79 Å². The van der Waals surface area contributed by atoms with Gasteiger partial charge in [-0.2, -0.15) is 0 Å². The molecule has 6 nitrogen and oxygen atoms in total. The van der Waals surface area contributed by atoms with Crippen molar-refractivity contribution in [3.63, 3.8) is 0 Å². The zero-order chi connectivity index (χ0) is 17.4. The summed E-state index contributed by atoms with van der Waals surface area (Å²) >= 11 is 6.09. The number of ether oxygens (including phenoxy) is 2. The Morgan fingerprint density at radius 2 is 1.75 bits per heavy atom. The van der Waals surface area contributed by atoms with E-state index in [2.05, 4.69) is 15.6 Å². The van der Waals surface area contributed by atoms with E-state index in [1.807, 2.05) is 18.2 Å². The smallest absolute Gasteiger partial charge is 0.426 e. The summed E-state index contributed by atoms with van der Waals surface area (Å²) in [6.07, 6.45) is -0.736. The summed E-state index contributed by atoms with van der Waals surface area (Å²) < 4.78 is 10.4. The molecule has 2 aromatic rings. The number of amides is 2. The maximum absolute atomic E-state index is 12.2. The minimum absolute atomic E-state index is 0.208. The quantitative estimate of drug-likeness (QED) is 0.813. The van der Waals surface area contributed by atoms with Gasteiger partial charge >= 0.3 is 6.09 Å². The Balaban J connectivity index is 2.03. The Hall–Kier alpha value is -2.73. The third-order valence-electron chi connectivity index (χ3n) is 3.03. The van der Waals surface area contributed by atoms with Gasteiger partial charge in [0.1, 0.15) is 12.4 Å². The first-order valence-corrected chi connectivity index (χ1v) is 7.68. The van der Waals surface area contributed by atoms with E-state index in [0.29, 0.717) is 10.8 Å². The Bertz CT molecular complexity index is 721. The van der Waals surface area contributed by atoms with Crippen molar-refractivity contribution in [2.24, 2.45) is 0 Å². The second kappa shape index (κ2) is 8.79. The highest BCUT2D eigenvalue weighted by Gasteiger charge is 2.13. The van der Waals surface area contributed by atoms with E-state index in [1.54, 1.807) is 37.3 Å². The van der Waals surface area contributed by atoms with Crippen LogP contribution in [0, 0.1) is 0 Å². The average molecular weight is 349 g/mol. The molecule has 2 N–H and O–H groups in total. The van der Waals surface area contributed by atoms with Crippen molar-refractivity contribution in [3.05, 3.63) is 64.7 Å². The first-order valence-electron chi connectivity index (χ1n) is 7.30. The molecule has 2 amide bonds. The van der Waals surface area contributed by atoms with Crippen LogP contribution in [0.5, 0.6) is 5.75 Å². The number of hydrazine groups is 1. The van der Waals surface area contributed by atoms with Crippen LogP contribution in [0.2, 0.25) is 5.02 Å². The molecule has 0 aromatic heterocycles. The molecule has 0 atom stereocenters. The zero-order valence-corrected chi connectivity index (χ0v) is 13.8. The van der Waals surface area contributed by atoms with Crippen molar-refractivity contribution in [1.29, 1.82) is 0 Å². The lowest BCUT2D eigenvalue weighted by Crippen LogP contribution is -2.42. The Kier molecular flexibility index (Phi) is 6.45. The Morgan fingerprint density at radius 1 is 1.04 bits per heavy atom. The van der Waals surface area contributed by atoms with Crippen LogP contribution in [0.3, 0.4) is 0 Å². The number of hydrogen-bond acceptors (Lipinski definition) is 4. The second-order valence-corrected chi connectivity index (χ2v) is 5.08. The predicted molar refractivity (Wildman–Crippen MR) is 89.8 cm³/mol. The van der Waals surface area contributed by atoms with Gasteiger partial charge in [0.15, 0.2) is 0 Å². The fraction of sp³-hybridized carbons (Fsp3) is 0.176. The summed E-state index contributed by atoms with van der Waals surface area (Å²) in [7, 11) is 0. The number of carbonyl (C=O) groups excluding carboxylic acids is 2. The maximum Gasteiger partial charge on any atom is 0.426 e. The number of carbonyl (C=O) groups is 2. The van der Waals surface area contributed by atoms with Gasteiger partial charge in [0.25, 0.3) is 5.91 Å². The first kappa shape index (κ1) is 17.6. The van der Waals surface area contributed by atoms with E-state index >= 15 is 0 Å². The van der Waals surface area contributed by atoms with E-state index in [1.165, 1.54) is 0 Å². The zero-order valence-electron chi connectivity index (χ0n) is 13.0. The van der Waals surface area contributed by atoms with Crippen molar-refractivity contribution in [2.75, 3.05) is 6.61 Å². The van der Waals surface area contributed by atoms with Crippen LogP contribution in [0.25, 0.3) is 0 Å². The van der Waals surface area contributed by atoms with Crippen molar-refractivity contribution in [3.8, 4) is 5.75 Å². The predicted octanol–water partition coefficient (Wildman–Crippen LogP) is 3.31. The lowest BCUT2D eigenvalue weighted by molar-refractivity contribution is 0.0908. The molecule has 0 aliphatic rings. The second-order valence-electron chi connectivity index (χ2n) is 4.68.